The SMILES string of the molecule is CCCCCCCCCCCCCCCCCCCC(=O)OC[C@@H](COC(=O)CCCCCCC)OC(=O)CCCCCCCCCCCCCCCCCCCCC(C)CC. The summed E-state index contributed by atoms with van der Waals surface area (Å²) in [7, 11) is 0. The molecule has 0 aliphatic carbocycles. The lowest BCUT2D eigenvalue weighted by Gasteiger charge is -2.18. The molecule has 0 aromatic carbocycles. The van der Waals surface area contributed by atoms with E-state index in [0.717, 1.165) is 70.1 Å². The van der Waals surface area contributed by atoms with Crippen LogP contribution in [-0.4, -0.2) is 37.2 Å². The van der Waals surface area contributed by atoms with Crippen LogP contribution in [0.4, 0.5) is 0 Å². The Morgan fingerprint density at radius 3 is 0.839 bits per heavy atom. The van der Waals surface area contributed by atoms with Gasteiger partial charge in [-0.05, 0) is 25.2 Å². The van der Waals surface area contributed by atoms with Crippen LogP contribution >= 0.6 is 0 Å². The minimum atomic E-state index is -0.759. The number of carbonyl (C=O) groups is 3. The largest absolute Gasteiger partial charge is 0.462 e. The minimum Gasteiger partial charge on any atom is -0.462 e. The predicted octanol–water partition coefficient (Wildman–Crippen LogP) is 18.2. The summed E-state index contributed by atoms with van der Waals surface area (Å²) >= 11 is 0. The maximum absolute atomic E-state index is 12.8. The number of esters is 3. The van der Waals surface area contributed by atoms with Crippen molar-refractivity contribution in [2.24, 2.45) is 5.92 Å². The van der Waals surface area contributed by atoms with Gasteiger partial charge < -0.3 is 14.2 Å². The van der Waals surface area contributed by atoms with Crippen LogP contribution in [0.3, 0.4) is 0 Å². The zero-order chi connectivity index (χ0) is 45.2. The summed E-state index contributed by atoms with van der Waals surface area (Å²) in [5.74, 6) is 0.0546. The number of hydrogen-bond acceptors (Lipinski definition) is 6. The van der Waals surface area contributed by atoms with E-state index in [0.29, 0.717) is 19.3 Å². The molecule has 0 radical (unpaired) electrons. The molecule has 2 atom stereocenters. The van der Waals surface area contributed by atoms with Crippen molar-refractivity contribution in [3.05, 3.63) is 0 Å². The summed E-state index contributed by atoms with van der Waals surface area (Å²) in [5.41, 5.74) is 0. The van der Waals surface area contributed by atoms with E-state index in [-0.39, 0.29) is 31.1 Å². The van der Waals surface area contributed by atoms with E-state index in [4.69, 9.17) is 14.2 Å². The Bertz CT molecular complexity index is 935. The van der Waals surface area contributed by atoms with E-state index in [1.165, 1.54) is 205 Å². The van der Waals surface area contributed by atoms with Crippen LogP contribution in [0.5, 0.6) is 0 Å². The number of ether oxygens (including phenoxy) is 3. The highest BCUT2D eigenvalue weighted by molar-refractivity contribution is 5.71. The second kappa shape index (κ2) is 50.4. The lowest BCUT2D eigenvalue weighted by molar-refractivity contribution is -0.167. The summed E-state index contributed by atoms with van der Waals surface area (Å²) < 4.78 is 16.7. The molecule has 0 aromatic rings. The van der Waals surface area contributed by atoms with E-state index < -0.39 is 6.10 Å². The van der Waals surface area contributed by atoms with Gasteiger partial charge >= 0.3 is 17.9 Å². The Balaban J connectivity index is 4.05. The molecule has 0 aliphatic rings. The fourth-order valence-corrected chi connectivity index (χ4v) is 8.54. The number of carbonyl (C=O) groups excluding carboxylic acids is 3. The Kier molecular flexibility index (Phi) is 49.1. The second-order valence-electron chi connectivity index (χ2n) is 19.5. The third kappa shape index (κ3) is 47.9. The minimum absolute atomic E-state index is 0.0633. The topological polar surface area (TPSA) is 78.9 Å². The molecule has 62 heavy (non-hydrogen) atoms. The van der Waals surface area contributed by atoms with Crippen molar-refractivity contribution in [3.63, 3.8) is 0 Å². The van der Waals surface area contributed by atoms with E-state index in [2.05, 4.69) is 27.7 Å². The molecule has 6 nitrogen and oxygen atoms in total. The van der Waals surface area contributed by atoms with Crippen LogP contribution in [0, 0.1) is 5.92 Å². The molecule has 0 amide bonds. The van der Waals surface area contributed by atoms with Crippen LogP contribution in [0.2, 0.25) is 0 Å². The van der Waals surface area contributed by atoms with Crippen LogP contribution in [0.1, 0.15) is 317 Å². The van der Waals surface area contributed by atoms with Gasteiger partial charge in [-0.1, -0.05) is 278 Å². The number of rotatable bonds is 51. The summed E-state index contributed by atoms with van der Waals surface area (Å²) in [6.07, 6.45) is 54.1. The van der Waals surface area contributed by atoms with Crippen molar-refractivity contribution in [2.75, 3.05) is 13.2 Å². The predicted molar refractivity (Wildman–Crippen MR) is 266 cm³/mol. The van der Waals surface area contributed by atoms with Gasteiger partial charge in [-0.2, -0.15) is 0 Å². The molecule has 0 saturated carbocycles. The van der Waals surface area contributed by atoms with Crippen molar-refractivity contribution in [1.29, 1.82) is 0 Å². The maximum atomic E-state index is 12.8. The van der Waals surface area contributed by atoms with Crippen LogP contribution in [0.25, 0.3) is 0 Å². The average molecular weight is 877 g/mol. The average Bonchev–Trinajstić information content (AvgIpc) is 3.27. The van der Waals surface area contributed by atoms with Crippen molar-refractivity contribution in [1.82, 2.24) is 0 Å². The van der Waals surface area contributed by atoms with Gasteiger partial charge in [-0.3, -0.25) is 14.4 Å². The normalized spacial score (nSPS) is 12.4. The molecular formula is C56H108O6. The van der Waals surface area contributed by atoms with E-state index >= 15 is 0 Å². The zero-order valence-electron chi connectivity index (χ0n) is 42.3. The summed E-state index contributed by atoms with van der Waals surface area (Å²) in [6, 6.07) is 0. The third-order valence-corrected chi connectivity index (χ3v) is 13.2. The van der Waals surface area contributed by atoms with Gasteiger partial charge in [0, 0.05) is 19.3 Å². The molecule has 0 saturated heterocycles. The van der Waals surface area contributed by atoms with Crippen molar-refractivity contribution < 1.29 is 28.6 Å². The Morgan fingerprint density at radius 2 is 0.565 bits per heavy atom. The van der Waals surface area contributed by atoms with Crippen molar-refractivity contribution >= 4 is 17.9 Å². The molecule has 0 rings (SSSR count). The van der Waals surface area contributed by atoms with Gasteiger partial charge in [-0.25, -0.2) is 0 Å². The Labute approximate surface area is 387 Å². The second-order valence-corrected chi connectivity index (χ2v) is 19.5. The molecule has 6 heteroatoms. The lowest BCUT2D eigenvalue weighted by atomic mass is 9.99. The van der Waals surface area contributed by atoms with Gasteiger partial charge in [0.15, 0.2) is 6.10 Å². The molecule has 0 heterocycles. The van der Waals surface area contributed by atoms with Gasteiger partial charge in [0.2, 0.25) is 0 Å². The highest BCUT2D eigenvalue weighted by Gasteiger charge is 2.19. The van der Waals surface area contributed by atoms with Gasteiger partial charge in [0.05, 0.1) is 0 Å². The smallest absolute Gasteiger partial charge is 0.306 e. The highest BCUT2D eigenvalue weighted by Crippen LogP contribution is 2.18. The van der Waals surface area contributed by atoms with Crippen LogP contribution < -0.4 is 0 Å². The standard InChI is InChI=1S/C56H108O6/c1-5-8-10-12-13-14-15-16-17-20-24-27-30-33-36-40-44-48-55(58)61-51-53(50-60-54(57)47-43-38-11-9-6-2)62-56(59)49-45-41-37-34-31-28-25-22-19-18-21-23-26-29-32-35-39-42-46-52(4)7-3/h52-53H,5-51H2,1-4H3/t52?,53-/m1/s1. The Hall–Kier alpha value is -1.59. The monoisotopic (exact) mass is 877 g/mol. The van der Waals surface area contributed by atoms with Gasteiger partial charge in [0.25, 0.3) is 0 Å². The molecule has 368 valence electrons. The van der Waals surface area contributed by atoms with Crippen LogP contribution in [-0.2, 0) is 28.6 Å². The number of unbranched alkanes of at least 4 members (excludes halogenated alkanes) is 37. The molecule has 0 spiro atoms. The third-order valence-electron chi connectivity index (χ3n) is 13.2. The molecule has 0 bridgehead atoms. The summed E-state index contributed by atoms with van der Waals surface area (Å²) in [4.78, 5) is 37.7. The van der Waals surface area contributed by atoms with E-state index in [1.54, 1.807) is 0 Å². The fraction of sp³-hybridized carbons (Fsp3) is 0.946. The first kappa shape index (κ1) is 60.4. The molecule has 0 fully saturated rings. The quantitative estimate of drug-likeness (QED) is 0.0344. The highest BCUT2D eigenvalue weighted by atomic mass is 16.6. The molecule has 0 N–H and O–H groups in total. The number of hydrogen-bond donors (Lipinski definition) is 0. The first-order valence-electron chi connectivity index (χ1n) is 27.9. The molecule has 0 aliphatic heterocycles. The molecular weight excluding hydrogens is 769 g/mol. The maximum Gasteiger partial charge on any atom is 0.306 e. The lowest BCUT2D eigenvalue weighted by Crippen LogP contribution is -2.30. The van der Waals surface area contributed by atoms with E-state index in [9.17, 15) is 14.4 Å². The molecule has 0 aromatic heterocycles. The molecule has 1 unspecified atom stereocenters. The van der Waals surface area contributed by atoms with Crippen molar-refractivity contribution in [3.8, 4) is 0 Å². The fourth-order valence-electron chi connectivity index (χ4n) is 8.54. The first-order chi connectivity index (χ1) is 30.4. The zero-order valence-corrected chi connectivity index (χ0v) is 42.3. The van der Waals surface area contributed by atoms with Gasteiger partial charge in [-0.15, -0.1) is 0 Å². The van der Waals surface area contributed by atoms with Crippen molar-refractivity contribution in [2.45, 2.75) is 323 Å². The van der Waals surface area contributed by atoms with Crippen LogP contribution in [0.15, 0.2) is 0 Å². The van der Waals surface area contributed by atoms with E-state index in [1.807, 2.05) is 0 Å². The summed E-state index contributed by atoms with van der Waals surface area (Å²) in [5, 5.41) is 0. The van der Waals surface area contributed by atoms with Gasteiger partial charge in [0.1, 0.15) is 13.2 Å². The summed E-state index contributed by atoms with van der Waals surface area (Å²) in [6.45, 7) is 9.02. The first-order valence-corrected chi connectivity index (χ1v) is 27.9. The Morgan fingerprint density at radius 1 is 0.323 bits per heavy atom.